The Morgan fingerprint density at radius 2 is 1.83 bits per heavy atom. The Hall–Kier alpha value is -2.00. The van der Waals surface area contributed by atoms with Crippen LogP contribution in [0.1, 0.15) is 39.2 Å². The Labute approximate surface area is 149 Å². The van der Waals surface area contributed by atoms with E-state index in [1.165, 1.54) is 5.56 Å². The lowest BCUT2D eigenvalue weighted by molar-refractivity contribution is -0.116. The molecule has 0 aromatic heterocycles. The van der Waals surface area contributed by atoms with Gasteiger partial charge in [-0.15, -0.1) is 0 Å². The number of ether oxygens (including phenoxy) is 1. The second kappa shape index (κ2) is 8.20. The third kappa shape index (κ3) is 5.89. The van der Waals surface area contributed by atoms with E-state index in [0.29, 0.717) is 30.2 Å². The number of hydrogen-bond acceptors (Lipinski definition) is 2. The van der Waals surface area contributed by atoms with Crippen LogP contribution in [0.3, 0.4) is 0 Å². The quantitative estimate of drug-likeness (QED) is 0.708. The van der Waals surface area contributed by atoms with E-state index in [2.05, 4.69) is 38.2 Å². The van der Waals surface area contributed by atoms with Crippen molar-refractivity contribution in [2.45, 2.75) is 39.0 Å². The minimum atomic E-state index is -0.0380. The van der Waals surface area contributed by atoms with Crippen molar-refractivity contribution in [2.24, 2.45) is 0 Å². The molecule has 4 heteroatoms. The molecule has 0 aliphatic heterocycles. The first-order chi connectivity index (χ1) is 11.3. The molecule has 128 valence electrons. The topological polar surface area (TPSA) is 38.3 Å². The van der Waals surface area contributed by atoms with Gasteiger partial charge < -0.3 is 10.1 Å². The van der Waals surface area contributed by atoms with Gasteiger partial charge in [-0.1, -0.05) is 50.6 Å². The van der Waals surface area contributed by atoms with Crippen LogP contribution < -0.4 is 10.1 Å². The highest BCUT2D eigenvalue weighted by molar-refractivity contribution is 6.30. The lowest BCUT2D eigenvalue weighted by Crippen LogP contribution is -2.13. The fourth-order valence-corrected chi connectivity index (χ4v) is 2.45. The van der Waals surface area contributed by atoms with Crippen LogP contribution in [0.5, 0.6) is 5.75 Å². The number of benzene rings is 2. The first-order valence-electron chi connectivity index (χ1n) is 8.13. The maximum atomic E-state index is 11.9. The summed E-state index contributed by atoms with van der Waals surface area (Å²) in [6.45, 7) is 7.06. The van der Waals surface area contributed by atoms with Gasteiger partial charge in [-0.2, -0.15) is 0 Å². The van der Waals surface area contributed by atoms with Gasteiger partial charge in [0.05, 0.1) is 6.61 Å². The van der Waals surface area contributed by atoms with Gasteiger partial charge in [0.25, 0.3) is 0 Å². The zero-order chi connectivity index (χ0) is 17.6. The molecule has 0 unspecified atom stereocenters. The zero-order valence-electron chi connectivity index (χ0n) is 14.4. The first kappa shape index (κ1) is 18.3. The number of anilines is 1. The molecule has 0 radical (unpaired) electrons. The summed E-state index contributed by atoms with van der Waals surface area (Å²) in [7, 11) is 0. The summed E-state index contributed by atoms with van der Waals surface area (Å²) in [5, 5.41) is 3.43. The monoisotopic (exact) mass is 345 g/mol. The molecule has 24 heavy (non-hydrogen) atoms. The van der Waals surface area contributed by atoms with Crippen LogP contribution in [0.4, 0.5) is 5.69 Å². The second-order valence-corrected chi connectivity index (χ2v) is 7.22. The predicted octanol–water partition coefficient (Wildman–Crippen LogP) is 5.44. The Morgan fingerprint density at radius 3 is 2.46 bits per heavy atom. The number of carbonyl (C=O) groups is 1. The number of rotatable bonds is 6. The van der Waals surface area contributed by atoms with Crippen molar-refractivity contribution in [2.75, 3.05) is 11.9 Å². The molecule has 0 aliphatic carbocycles. The average Bonchev–Trinajstić information content (AvgIpc) is 2.51. The summed E-state index contributed by atoms with van der Waals surface area (Å²) in [5.41, 5.74) is 2.12. The van der Waals surface area contributed by atoms with Crippen molar-refractivity contribution in [1.29, 1.82) is 0 Å². The van der Waals surface area contributed by atoms with Gasteiger partial charge in [-0.05, 0) is 47.7 Å². The van der Waals surface area contributed by atoms with Gasteiger partial charge in [0, 0.05) is 17.1 Å². The molecule has 3 nitrogen and oxygen atoms in total. The smallest absolute Gasteiger partial charge is 0.224 e. The van der Waals surface area contributed by atoms with Crippen molar-refractivity contribution in [3.05, 3.63) is 59.1 Å². The number of halogens is 1. The molecule has 0 heterocycles. The van der Waals surface area contributed by atoms with Gasteiger partial charge in [-0.3, -0.25) is 4.79 Å². The Balaban J connectivity index is 1.71. The van der Waals surface area contributed by atoms with E-state index >= 15 is 0 Å². The summed E-state index contributed by atoms with van der Waals surface area (Å²) < 4.78 is 5.69. The van der Waals surface area contributed by atoms with Gasteiger partial charge >= 0.3 is 0 Å². The van der Waals surface area contributed by atoms with E-state index in [1.807, 2.05) is 24.3 Å². The molecular formula is C20H24ClNO2. The molecule has 2 aromatic rings. The largest absolute Gasteiger partial charge is 0.494 e. The van der Waals surface area contributed by atoms with Crippen LogP contribution in [0.15, 0.2) is 48.5 Å². The second-order valence-electron chi connectivity index (χ2n) is 6.78. The molecule has 0 aliphatic rings. The molecule has 2 rings (SSSR count). The van der Waals surface area contributed by atoms with E-state index in [4.69, 9.17) is 16.3 Å². The molecule has 0 fully saturated rings. The molecule has 0 saturated heterocycles. The number of carbonyl (C=O) groups excluding carboxylic acids is 1. The maximum absolute atomic E-state index is 11.9. The predicted molar refractivity (Wildman–Crippen MR) is 100.0 cm³/mol. The first-order valence-corrected chi connectivity index (χ1v) is 8.51. The molecule has 0 saturated carbocycles. The van der Waals surface area contributed by atoms with Gasteiger partial charge in [0.15, 0.2) is 0 Å². The van der Waals surface area contributed by atoms with E-state index in [1.54, 1.807) is 12.1 Å². The van der Waals surface area contributed by atoms with Crippen molar-refractivity contribution in [1.82, 2.24) is 0 Å². The Bertz CT molecular complexity index is 675. The van der Waals surface area contributed by atoms with Crippen molar-refractivity contribution in [3.63, 3.8) is 0 Å². The number of hydrogen-bond donors (Lipinski definition) is 1. The summed E-state index contributed by atoms with van der Waals surface area (Å²) in [5.74, 6) is 0.794. The summed E-state index contributed by atoms with van der Waals surface area (Å²) in [6.07, 6.45) is 1.07. The number of nitrogens with one attached hydrogen (secondary N) is 1. The lowest BCUT2D eigenvalue weighted by Gasteiger charge is -2.19. The van der Waals surface area contributed by atoms with Gasteiger partial charge in [-0.25, -0.2) is 0 Å². The molecular weight excluding hydrogens is 322 g/mol. The molecule has 0 atom stereocenters. The van der Waals surface area contributed by atoms with Gasteiger partial charge in [0.1, 0.15) is 5.75 Å². The molecule has 2 aromatic carbocycles. The fourth-order valence-electron chi connectivity index (χ4n) is 2.26. The summed E-state index contributed by atoms with van der Waals surface area (Å²) in [6, 6.07) is 15.3. The molecule has 1 N–H and O–H groups in total. The fraction of sp³-hybridized carbons (Fsp3) is 0.350. The van der Waals surface area contributed by atoms with E-state index < -0.39 is 0 Å². The number of amides is 1. The summed E-state index contributed by atoms with van der Waals surface area (Å²) in [4.78, 5) is 11.9. The normalized spacial score (nSPS) is 11.2. The van der Waals surface area contributed by atoms with Crippen LogP contribution in [-0.2, 0) is 10.2 Å². The van der Waals surface area contributed by atoms with Gasteiger partial charge in [0.2, 0.25) is 5.91 Å². The molecule has 0 spiro atoms. The van der Waals surface area contributed by atoms with E-state index in [9.17, 15) is 4.79 Å². The maximum Gasteiger partial charge on any atom is 0.224 e. The van der Waals surface area contributed by atoms with Crippen LogP contribution in [0.2, 0.25) is 5.02 Å². The highest BCUT2D eigenvalue weighted by Crippen LogP contribution is 2.24. The lowest BCUT2D eigenvalue weighted by atomic mass is 9.87. The highest BCUT2D eigenvalue weighted by atomic mass is 35.5. The summed E-state index contributed by atoms with van der Waals surface area (Å²) >= 11 is 5.89. The third-order valence-corrected chi connectivity index (χ3v) is 3.88. The standard InChI is InChI=1S/C20H24ClNO2/c1-20(2,3)15-9-11-18(12-10-15)24-13-5-8-19(23)22-17-7-4-6-16(21)14-17/h4,6-7,9-12,14H,5,8,13H2,1-3H3,(H,22,23). The van der Waals surface area contributed by atoms with Crippen molar-refractivity contribution in [3.8, 4) is 5.75 Å². The van der Waals surface area contributed by atoms with Crippen LogP contribution in [-0.4, -0.2) is 12.5 Å². The minimum absolute atomic E-state index is 0.0380. The van der Waals surface area contributed by atoms with Crippen molar-refractivity contribution < 1.29 is 9.53 Å². The molecule has 1 amide bonds. The Morgan fingerprint density at radius 1 is 1.12 bits per heavy atom. The van der Waals surface area contributed by atoms with Crippen LogP contribution >= 0.6 is 11.6 Å². The molecule has 0 bridgehead atoms. The van der Waals surface area contributed by atoms with Crippen molar-refractivity contribution >= 4 is 23.2 Å². The third-order valence-electron chi connectivity index (χ3n) is 3.65. The zero-order valence-corrected chi connectivity index (χ0v) is 15.2. The van der Waals surface area contributed by atoms with E-state index in [-0.39, 0.29) is 11.3 Å². The van der Waals surface area contributed by atoms with Crippen LogP contribution in [0, 0.1) is 0 Å². The highest BCUT2D eigenvalue weighted by Gasteiger charge is 2.12. The Kier molecular flexibility index (Phi) is 6.27. The van der Waals surface area contributed by atoms with E-state index in [0.717, 1.165) is 5.75 Å². The minimum Gasteiger partial charge on any atom is -0.494 e. The van der Waals surface area contributed by atoms with Crippen LogP contribution in [0.25, 0.3) is 0 Å². The average molecular weight is 346 g/mol. The SMILES string of the molecule is CC(C)(C)c1ccc(OCCCC(=O)Nc2cccc(Cl)c2)cc1.